The van der Waals surface area contributed by atoms with Gasteiger partial charge in [0.2, 0.25) is 0 Å². The summed E-state index contributed by atoms with van der Waals surface area (Å²) in [5, 5.41) is 3.75. The van der Waals surface area contributed by atoms with E-state index in [4.69, 9.17) is 0 Å². The first-order chi connectivity index (χ1) is 18.3. The highest BCUT2D eigenvalue weighted by Crippen LogP contribution is 2.21. The Bertz CT molecular complexity index is 1120. The molecular weight excluding hydrogens is 450 g/mol. The van der Waals surface area contributed by atoms with Gasteiger partial charge in [-0.3, -0.25) is 4.90 Å². The van der Waals surface area contributed by atoms with Gasteiger partial charge in [0.1, 0.15) is 0 Å². The molecular formula is C34H39N3. The lowest BCUT2D eigenvalue weighted by atomic mass is 9.99. The van der Waals surface area contributed by atoms with Crippen LogP contribution in [0.1, 0.15) is 29.5 Å². The molecule has 0 amide bonds. The van der Waals surface area contributed by atoms with Crippen LogP contribution in [0.25, 0.3) is 0 Å². The Morgan fingerprint density at radius 2 is 1.08 bits per heavy atom. The van der Waals surface area contributed by atoms with Gasteiger partial charge < -0.3 is 10.2 Å². The van der Waals surface area contributed by atoms with Gasteiger partial charge in [-0.2, -0.15) is 0 Å². The summed E-state index contributed by atoms with van der Waals surface area (Å²) >= 11 is 0. The van der Waals surface area contributed by atoms with E-state index in [-0.39, 0.29) is 0 Å². The number of anilines is 1. The lowest BCUT2D eigenvalue weighted by Gasteiger charge is -2.39. The Hall–Kier alpha value is -3.40. The van der Waals surface area contributed by atoms with Gasteiger partial charge in [0.25, 0.3) is 0 Å². The summed E-state index contributed by atoms with van der Waals surface area (Å²) in [7, 11) is 0. The number of rotatable bonds is 11. The second-order valence-corrected chi connectivity index (χ2v) is 10.3. The Morgan fingerprint density at radius 3 is 1.59 bits per heavy atom. The van der Waals surface area contributed by atoms with Crippen LogP contribution in [0.4, 0.5) is 5.69 Å². The molecule has 3 nitrogen and oxygen atoms in total. The topological polar surface area (TPSA) is 18.5 Å². The van der Waals surface area contributed by atoms with E-state index in [1.165, 1.54) is 35.2 Å². The molecule has 1 aliphatic heterocycles. The van der Waals surface area contributed by atoms with Crippen molar-refractivity contribution in [3.05, 3.63) is 138 Å². The molecule has 1 unspecified atom stereocenters. The van der Waals surface area contributed by atoms with E-state index in [1.54, 1.807) is 0 Å². The number of para-hydroxylation sites is 1. The molecule has 1 saturated heterocycles. The zero-order chi connectivity index (χ0) is 25.1. The van der Waals surface area contributed by atoms with Gasteiger partial charge in [0.15, 0.2) is 0 Å². The summed E-state index contributed by atoms with van der Waals surface area (Å²) < 4.78 is 0. The summed E-state index contributed by atoms with van der Waals surface area (Å²) in [5.41, 5.74) is 5.41. The second-order valence-electron chi connectivity index (χ2n) is 10.3. The largest absolute Gasteiger partial charge is 0.382 e. The molecule has 190 valence electrons. The molecule has 37 heavy (non-hydrogen) atoms. The van der Waals surface area contributed by atoms with Gasteiger partial charge in [-0.25, -0.2) is 0 Å². The monoisotopic (exact) mass is 489 g/mol. The number of piperidine rings is 1. The number of hydrogen-bond donors (Lipinski definition) is 1. The normalized spacial score (nSPS) is 15.5. The van der Waals surface area contributed by atoms with Gasteiger partial charge >= 0.3 is 0 Å². The molecule has 4 aromatic carbocycles. The van der Waals surface area contributed by atoms with Gasteiger partial charge in [-0.15, -0.1) is 0 Å². The SMILES string of the molecule is c1ccc(CC(CN2CCC(Nc3ccccc3)CC2)N(Cc2ccccc2)Cc2ccccc2)cc1. The Balaban J connectivity index is 1.31. The van der Waals surface area contributed by atoms with E-state index < -0.39 is 0 Å². The van der Waals surface area contributed by atoms with Crippen molar-refractivity contribution in [3.63, 3.8) is 0 Å². The molecule has 0 bridgehead atoms. The summed E-state index contributed by atoms with van der Waals surface area (Å²) in [6, 6.07) is 44.6. The first kappa shape index (κ1) is 25.3. The zero-order valence-electron chi connectivity index (χ0n) is 21.8. The predicted octanol–water partition coefficient (Wildman–Crippen LogP) is 6.88. The smallest absolute Gasteiger partial charge is 0.0342 e. The Kier molecular flexibility index (Phi) is 9.03. The summed E-state index contributed by atoms with van der Waals surface area (Å²) in [6.45, 7) is 5.28. The highest BCUT2D eigenvalue weighted by Gasteiger charge is 2.26. The highest BCUT2D eigenvalue weighted by atomic mass is 15.2. The van der Waals surface area contributed by atoms with Gasteiger partial charge in [-0.05, 0) is 48.1 Å². The fourth-order valence-corrected chi connectivity index (χ4v) is 5.47. The van der Waals surface area contributed by atoms with Crippen LogP contribution in [-0.2, 0) is 19.5 Å². The van der Waals surface area contributed by atoms with Crippen LogP contribution in [0.5, 0.6) is 0 Å². The van der Waals surface area contributed by atoms with Crippen LogP contribution < -0.4 is 5.32 Å². The molecule has 1 atom stereocenters. The molecule has 0 saturated carbocycles. The van der Waals surface area contributed by atoms with Crippen molar-refractivity contribution < 1.29 is 0 Å². The van der Waals surface area contributed by atoms with Crippen LogP contribution >= 0.6 is 0 Å². The minimum absolute atomic E-state index is 0.432. The van der Waals surface area contributed by atoms with Crippen molar-refractivity contribution >= 4 is 5.69 Å². The number of hydrogen-bond acceptors (Lipinski definition) is 3. The average molecular weight is 490 g/mol. The molecule has 0 aromatic heterocycles. The summed E-state index contributed by atoms with van der Waals surface area (Å²) in [5.74, 6) is 0. The Labute approximate surface area is 222 Å². The van der Waals surface area contributed by atoms with E-state index in [1.807, 2.05) is 0 Å². The second kappa shape index (κ2) is 13.2. The standard InChI is InChI=1S/C34H39N3/c1-5-13-29(14-6-1)25-34(28-36-23-21-33(22-24-36)35-32-19-11-4-12-20-32)37(26-30-15-7-2-8-16-30)27-31-17-9-3-10-18-31/h1-20,33-35H,21-28H2. The molecule has 5 rings (SSSR count). The molecule has 1 heterocycles. The maximum atomic E-state index is 3.75. The van der Waals surface area contributed by atoms with Gasteiger partial charge in [0.05, 0.1) is 0 Å². The van der Waals surface area contributed by atoms with E-state index in [2.05, 4.69) is 136 Å². The van der Waals surface area contributed by atoms with Crippen LogP contribution in [0.15, 0.2) is 121 Å². The maximum Gasteiger partial charge on any atom is 0.0342 e. The lowest BCUT2D eigenvalue weighted by Crippen LogP contribution is -2.48. The Morgan fingerprint density at radius 1 is 0.622 bits per heavy atom. The third-order valence-electron chi connectivity index (χ3n) is 7.49. The number of nitrogens with zero attached hydrogens (tertiary/aromatic N) is 2. The van der Waals surface area contributed by atoms with Crippen molar-refractivity contribution in [1.29, 1.82) is 0 Å². The first-order valence-corrected chi connectivity index (χ1v) is 13.7. The number of benzene rings is 4. The first-order valence-electron chi connectivity index (χ1n) is 13.7. The molecule has 1 aliphatic rings. The van der Waals surface area contributed by atoms with Crippen molar-refractivity contribution in [2.75, 3.05) is 25.0 Å². The van der Waals surface area contributed by atoms with E-state index in [9.17, 15) is 0 Å². The third-order valence-corrected chi connectivity index (χ3v) is 7.49. The minimum atomic E-state index is 0.432. The van der Waals surface area contributed by atoms with E-state index >= 15 is 0 Å². The third kappa shape index (κ3) is 7.79. The number of nitrogens with one attached hydrogen (secondary N) is 1. The van der Waals surface area contributed by atoms with Crippen molar-refractivity contribution in [1.82, 2.24) is 9.80 Å². The lowest BCUT2D eigenvalue weighted by molar-refractivity contribution is 0.110. The zero-order valence-corrected chi connectivity index (χ0v) is 21.8. The molecule has 0 radical (unpaired) electrons. The highest BCUT2D eigenvalue weighted by molar-refractivity contribution is 5.43. The van der Waals surface area contributed by atoms with E-state index in [0.717, 1.165) is 39.1 Å². The van der Waals surface area contributed by atoms with Gasteiger partial charge in [0, 0.05) is 50.5 Å². The fraction of sp³-hybridized carbons (Fsp3) is 0.294. The predicted molar refractivity (Wildman–Crippen MR) is 156 cm³/mol. The molecule has 4 aromatic rings. The quantitative estimate of drug-likeness (QED) is 0.248. The van der Waals surface area contributed by atoms with Crippen molar-refractivity contribution in [2.24, 2.45) is 0 Å². The van der Waals surface area contributed by atoms with Crippen molar-refractivity contribution in [3.8, 4) is 0 Å². The average Bonchev–Trinajstić information content (AvgIpc) is 2.96. The molecule has 3 heteroatoms. The van der Waals surface area contributed by atoms with Crippen molar-refractivity contribution in [2.45, 2.75) is 44.4 Å². The fourth-order valence-electron chi connectivity index (χ4n) is 5.47. The maximum absolute atomic E-state index is 3.75. The molecule has 0 aliphatic carbocycles. The van der Waals surface area contributed by atoms with E-state index in [0.29, 0.717) is 12.1 Å². The molecule has 1 N–H and O–H groups in total. The van der Waals surface area contributed by atoms with Gasteiger partial charge in [-0.1, -0.05) is 109 Å². The number of likely N-dealkylation sites (tertiary alicyclic amines) is 1. The van der Waals surface area contributed by atoms with Crippen LogP contribution in [-0.4, -0.2) is 41.5 Å². The molecule has 1 fully saturated rings. The molecule has 0 spiro atoms. The summed E-state index contributed by atoms with van der Waals surface area (Å²) in [4.78, 5) is 5.39. The van der Waals surface area contributed by atoms with Crippen LogP contribution in [0.3, 0.4) is 0 Å². The van der Waals surface area contributed by atoms with Crippen LogP contribution in [0, 0.1) is 0 Å². The van der Waals surface area contributed by atoms with Crippen LogP contribution in [0.2, 0.25) is 0 Å². The summed E-state index contributed by atoms with van der Waals surface area (Å²) in [6.07, 6.45) is 3.43. The minimum Gasteiger partial charge on any atom is -0.382 e.